The molecular formula is C19H22N2O4. The Morgan fingerprint density at radius 3 is 2.36 bits per heavy atom. The molecule has 0 saturated heterocycles. The molecule has 0 spiro atoms. The third-order valence-electron chi connectivity index (χ3n) is 3.42. The van der Waals surface area contributed by atoms with Crippen LogP contribution in [0.25, 0.3) is 0 Å². The highest BCUT2D eigenvalue weighted by Gasteiger charge is 2.03. The molecule has 2 rings (SSSR count). The number of rotatable bonds is 8. The SMILES string of the molecule is CNC(=O)Cc1ccc(OCCNC(=O)OCc2ccccc2)cc1. The maximum absolute atomic E-state index is 11.6. The summed E-state index contributed by atoms with van der Waals surface area (Å²) in [7, 11) is 1.61. The van der Waals surface area contributed by atoms with Gasteiger partial charge in [-0.2, -0.15) is 0 Å². The van der Waals surface area contributed by atoms with Crippen molar-refractivity contribution < 1.29 is 19.1 Å². The molecule has 0 saturated carbocycles. The van der Waals surface area contributed by atoms with Crippen LogP contribution in [0.15, 0.2) is 54.6 Å². The molecule has 0 aliphatic carbocycles. The highest BCUT2D eigenvalue weighted by Crippen LogP contribution is 2.12. The minimum Gasteiger partial charge on any atom is -0.492 e. The first-order valence-electron chi connectivity index (χ1n) is 8.04. The van der Waals surface area contributed by atoms with Crippen LogP contribution in [-0.2, 0) is 22.6 Å². The molecule has 0 aliphatic rings. The number of hydrogen-bond acceptors (Lipinski definition) is 4. The van der Waals surface area contributed by atoms with Gasteiger partial charge in [0.15, 0.2) is 0 Å². The third kappa shape index (κ3) is 6.95. The fourth-order valence-electron chi connectivity index (χ4n) is 2.07. The second-order valence-electron chi connectivity index (χ2n) is 5.33. The van der Waals surface area contributed by atoms with Gasteiger partial charge in [-0.3, -0.25) is 4.79 Å². The Hall–Kier alpha value is -3.02. The first-order valence-corrected chi connectivity index (χ1v) is 8.04. The summed E-state index contributed by atoms with van der Waals surface area (Å²) in [6.45, 7) is 0.906. The predicted octanol–water partition coefficient (Wildman–Crippen LogP) is 2.28. The van der Waals surface area contributed by atoms with E-state index >= 15 is 0 Å². The van der Waals surface area contributed by atoms with Gasteiger partial charge in [-0.1, -0.05) is 42.5 Å². The fraction of sp³-hybridized carbons (Fsp3) is 0.263. The molecule has 0 bridgehead atoms. The zero-order chi connectivity index (χ0) is 17.9. The number of benzene rings is 2. The molecule has 2 aromatic carbocycles. The Morgan fingerprint density at radius 1 is 0.960 bits per heavy atom. The van der Waals surface area contributed by atoms with E-state index in [1.807, 2.05) is 42.5 Å². The van der Waals surface area contributed by atoms with Crippen LogP contribution in [-0.4, -0.2) is 32.2 Å². The van der Waals surface area contributed by atoms with Gasteiger partial charge in [0.1, 0.15) is 19.0 Å². The van der Waals surface area contributed by atoms with Gasteiger partial charge >= 0.3 is 6.09 Å². The van der Waals surface area contributed by atoms with Gasteiger partial charge in [0.05, 0.1) is 13.0 Å². The summed E-state index contributed by atoms with van der Waals surface area (Å²) in [5.74, 6) is 0.645. The summed E-state index contributed by atoms with van der Waals surface area (Å²) in [6, 6.07) is 16.8. The van der Waals surface area contributed by atoms with Crippen LogP contribution in [0.1, 0.15) is 11.1 Å². The number of ether oxygens (including phenoxy) is 2. The molecule has 0 unspecified atom stereocenters. The second-order valence-corrected chi connectivity index (χ2v) is 5.33. The number of amides is 2. The maximum Gasteiger partial charge on any atom is 0.407 e. The fourth-order valence-corrected chi connectivity index (χ4v) is 2.07. The average molecular weight is 342 g/mol. The molecule has 132 valence electrons. The van der Waals surface area contributed by atoms with Crippen LogP contribution in [0, 0.1) is 0 Å². The maximum atomic E-state index is 11.6. The monoisotopic (exact) mass is 342 g/mol. The van der Waals surface area contributed by atoms with E-state index in [9.17, 15) is 9.59 Å². The summed E-state index contributed by atoms with van der Waals surface area (Å²) in [6.07, 6.45) is -0.139. The lowest BCUT2D eigenvalue weighted by molar-refractivity contribution is -0.119. The van der Waals surface area contributed by atoms with Gasteiger partial charge in [0, 0.05) is 7.05 Å². The molecule has 0 aromatic heterocycles. The summed E-state index contributed by atoms with van der Waals surface area (Å²) in [4.78, 5) is 22.9. The Kier molecular flexibility index (Phi) is 7.31. The van der Waals surface area contributed by atoms with E-state index in [0.717, 1.165) is 11.1 Å². The number of likely N-dealkylation sites (N-methyl/N-ethyl adjacent to an activating group) is 1. The van der Waals surface area contributed by atoms with Gasteiger partial charge in [-0.15, -0.1) is 0 Å². The van der Waals surface area contributed by atoms with E-state index in [-0.39, 0.29) is 12.5 Å². The van der Waals surface area contributed by atoms with Gasteiger partial charge in [0.2, 0.25) is 5.91 Å². The third-order valence-corrected chi connectivity index (χ3v) is 3.42. The van der Waals surface area contributed by atoms with E-state index in [4.69, 9.17) is 9.47 Å². The number of hydrogen-bond donors (Lipinski definition) is 2. The average Bonchev–Trinajstić information content (AvgIpc) is 2.65. The molecule has 0 radical (unpaired) electrons. The molecule has 0 heterocycles. The molecule has 2 aromatic rings. The molecule has 6 nitrogen and oxygen atoms in total. The van der Waals surface area contributed by atoms with Crippen molar-refractivity contribution in [1.82, 2.24) is 10.6 Å². The van der Waals surface area contributed by atoms with Gasteiger partial charge in [0.25, 0.3) is 0 Å². The lowest BCUT2D eigenvalue weighted by Gasteiger charge is -2.09. The van der Waals surface area contributed by atoms with Crippen molar-refractivity contribution in [3.8, 4) is 5.75 Å². The van der Waals surface area contributed by atoms with Crippen molar-refractivity contribution in [2.75, 3.05) is 20.2 Å². The highest BCUT2D eigenvalue weighted by atomic mass is 16.5. The highest BCUT2D eigenvalue weighted by molar-refractivity contribution is 5.78. The van der Waals surface area contributed by atoms with E-state index in [2.05, 4.69) is 10.6 Å². The van der Waals surface area contributed by atoms with Crippen molar-refractivity contribution in [2.24, 2.45) is 0 Å². The van der Waals surface area contributed by atoms with Crippen LogP contribution in [0.4, 0.5) is 4.79 Å². The summed E-state index contributed by atoms with van der Waals surface area (Å²) in [5.41, 5.74) is 1.85. The van der Waals surface area contributed by atoms with Gasteiger partial charge in [-0.05, 0) is 23.3 Å². The largest absolute Gasteiger partial charge is 0.492 e. The quantitative estimate of drug-likeness (QED) is 0.722. The van der Waals surface area contributed by atoms with E-state index in [1.165, 1.54) is 0 Å². The lowest BCUT2D eigenvalue weighted by atomic mass is 10.1. The van der Waals surface area contributed by atoms with Gasteiger partial charge in [-0.25, -0.2) is 4.79 Å². The van der Waals surface area contributed by atoms with Crippen molar-refractivity contribution in [1.29, 1.82) is 0 Å². The van der Waals surface area contributed by atoms with E-state index in [0.29, 0.717) is 25.3 Å². The van der Waals surface area contributed by atoms with Crippen molar-refractivity contribution in [3.63, 3.8) is 0 Å². The Balaban J connectivity index is 1.62. The topological polar surface area (TPSA) is 76.7 Å². The van der Waals surface area contributed by atoms with E-state index < -0.39 is 6.09 Å². The number of carbonyl (C=O) groups is 2. The number of alkyl carbamates (subject to hydrolysis) is 1. The first kappa shape index (κ1) is 18.3. The minimum absolute atomic E-state index is 0.0353. The second kappa shape index (κ2) is 9.97. The van der Waals surface area contributed by atoms with Crippen molar-refractivity contribution >= 4 is 12.0 Å². The summed E-state index contributed by atoms with van der Waals surface area (Å²) >= 11 is 0. The molecule has 0 fully saturated rings. The smallest absolute Gasteiger partial charge is 0.407 e. The van der Waals surface area contributed by atoms with Crippen LogP contribution in [0.2, 0.25) is 0 Å². The minimum atomic E-state index is -0.478. The molecule has 0 atom stereocenters. The molecule has 6 heteroatoms. The normalized spacial score (nSPS) is 9.96. The van der Waals surface area contributed by atoms with Crippen molar-refractivity contribution in [3.05, 3.63) is 65.7 Å². The summed E-state index contributed by atoms with van der Waals surface area (Å²) in [5, 5.41) is 5.21. The van der Waals surface area contributed by atoms with Crippen LogP contribution in [0.3, 0.4) is 0 Å². The van der Waals surface area contributed by atoms with Crippen molar-refractivity contribution in [2.45, 2.75) is 13.0 Å². The first-order chi connectivity index (χ1) is 12.2. The molecule has 2 amide bonds. The zero-order valence-electron chi connectivity index (χ0n) is 14.2. The molecular weight excluding hydrogens is 320 g/mol. The lowest BCUT2D eigenvalue weighted by Crippen LogP contribution is -2.28. The Morgan fingerprint density at radius 2 is 1.68 bits per heavy atom. The molecule has 0 aliphatic heterocycles. The standard InChI is InChI=1S/C19H22N2O4/c1-20-18(22)13-15-7-9-17(10-8-15)24-12-11-21-19(23)25-14-16-5-3-2-4-6-16/h2-10H,11-14H2,1H3,(H,20,22)(H,21,23). The molecule has 2 N–H and O–H groups in total. The Bertz CT molecular complexity index is 672. The number of nitrogens with one attached hydrogen (secondary N) is 2. The van der Waals surface area contributed by atoms with Gasteiger partial charge < -0.3 is 20.1 Å². The zero-order valence-corrected chi connectivity index (χ0v) is 14.2. The van der Waals surface area contributed by atoms with E-state index in [1.54, 1.807) is 19.2 Å². The summed E-state index contributed by atoms with van der Waals surface area (Å²) < 4.78 is 10.6. The van der Waals surface area contributed by atoms with Crippen LogP contribution >= 0.6 is 0 Å². The Labute approximate surface area is 147 Å². The van der Waals surface area contributed by atoms with Crippen LogP contribution in [0.5, 0.6) is 5.75 Å². The molecule has 25 heavy (non-hydrogen) atoms. The number of carbonyl (C=O) groups excluding carboxylic acids is 2. The predicted molar refractivity (Wildman–Crippen MR) is 94.3 cm³/mol. The van der Waals surface area contributed by atoms with Crippen LogP contribution < -0.4 is 15.4 Å².